The number of hydrogen-bond acceptors (Lipinski definition) is 6. The van der Waals surface area contributed by atoms with Crippen LogP contribution in [0.1, 0.15) is 35.5 Å². The molecule has 0 radical (unpaired) electrons. The molecule has 1 heterocycles. The van der Waals surface area contributed by atoms with Crippen molar-refractivity contribution in [1.29, 1.82) is 0 Å². The lowest BCUT2D eigenvalue weighted by atomic mass is 10.2. The standard InChI is InChI=1S/C24H26N2O5S/c1-3-26(4-2)32(28,29)23-14-10-20(11-15-23)24(27)31-17-19-8-12-22(13-9-19)30-18-21-7-5-6-16-25-21/h5-16H,3-4,17-18H2,1-2H3. The Kier molecular flexibility index (Phi) is 7.97. The largest absolute Gasteiger partial charge is 0.487 e. The lowest BCUT2D eigenvalue weighted by Crippen LogP contribution is -2.30. The Morgan fingerprint density at radius 2 is 1.59 bits per heavy atom. The van der Waals surface area contributed by atoms with Crippen LogP contribution in [0.5, 0.6) is 5.75 Å². The zero-order chi connectivity index (χ0) is 23.0. The van der Waals surface area contributed by atoms with Crippen molar-refractivity contribution in [2.75, 3.05) is 13.1 Å². The summed E-state index contributed by atoms with van der Waals surface area (Å²) in [5.74, 6) is 0.169. The number of hydrogen-bond donors (Lipinski definition) is 0. The number of carbonyl (C=O) groups is 1. The first-order chi connectivity index (χ1) is 15.4. The van der Waals surface area contributed by atoms with E-state index in [1.165, 1.54) is 28.6 Å². The minimum Gasteiger partial charge on any atom is -0.487 e. The minimum atomic E-state index is -3.56. The molecule has 7 nitrogen and oxygen atoms in total. The topological polar surface area (TPSA) is 85.8 Å². The first kappa shape index (κ1) is 23.4. The third-order valence-corrected chi connectivity index (χ3v) is 6.90. The molecule has 0 saturated heterocycles. The molecule has 32 heavy (non-hydrogen) atoms. The Morgan fingerprint density at radius 3 is 2.19 bits per heavy atom. The van der Waals surface area contributed by atoms with Crippen LogP contribution in [-0.4, -0.2) is 36.8 Å². The maximum absolute atomic E-state index is 12.5. The summed E-state index contributed by atoms with van der Waals surface area (Å²) in [7, 11) is -3.56. The second kappa shape index (κ2) is 10.9. The second-order valence-electron chi connectivity index (χ2n) is 6.94. The van der Waals surface area contributed by atoms with Gasteiger partial charge in [-0.15, -0.1) is 0 Å². The van der Waals surface area contributed by atoms with E-state index < -0.39 is 16.0 Å². The van der Waals surface area contributed by atoms with Gasteiger partial charge in [-0.25, -0.2) is 13.2 Å². The summed E-state index contributed by atoms with van der Waals surface area (Å²) in [5.41, 5.74) is 1.93. The van der Waals surface area contributed by atoms with Gasteiger partial charge in [-0.3, -0.25) is 4.98 Å². The normalized spacial score (nSPS) is 11.3. The molecule has 0 N–H and O–H groups in total. The first-order valence-electron chi connectivity index (χ1n) is 10.3. The highest BCUT2D eigenvalue weighted by Gasteiger charge is 2.21. The first-order valence-corrected chi connectivity index (χ1v) is 11.8. The van der Waals surface area contributed by atoms with Gasteiger partial charge in [0, 0.05) is 19.3 Å². The fourth-order valence-electron chi connectivity index (χ4n) is 3.03. The van der Waals surface area contributed by atoms with Gasteiger partial charge in [0.15, 0.2) is 0 Å². The molecule has 0 fully saturated rings. The third-order valence-electron chi connectivity index (χ3n) is 4.84. The zero-order valence-corrected chi connectivity index (χ0v) is 18.9. The highest BCUT2D eigenvalue weighted by Crippen LogP contribution is 2.18. The fourth-order valence-corrected chi connectivity index (χ4v) is 4.49. The van der Waals surface area contributed by atoms with Gasteiger partial charge in [0.2, 0.25) is 10.0 Å². The van der Waals surface area contributed by atoms with Crippen molar-refractivity contribution in [1.82, 2.24) is 9.29 Å². The predicted octanol–water partition coefficient (Wildman–Crippen LogP) is 4.05. The number of carbonyl (C=O) groups excluding carboxylic acids is 1. The summed E-state index contributed by atoms with van der Waals surface area (Å²) < 4.78 is 37.5. The summed E-state index contributed by atoms with van der Waals surface area (Å²) >= 11 is 0. The van der Waals surface area contributed by atoms with Crippen LogP contribution in [0.3, 0.4) is 0 Å². The van der Waals surface area contributed by atoms with Crippen LogP contribution in [0.25, 0.3) is 0 Å². The zero-order valence-electron chi connectivity index (χ0n) is 18.1. The number of benzene rings is 2. The lowest BCUT2D eigenvalue weighted by molar-refractivity contribution is 0.0472. The smallest absolute Gasteiger partial charge is 0.338 e. The van der Waals surface area contributed by atoms with Crippen LogP contribution in [-0.2, 0) is 28.0 Å². The van der Waals surface area contributed by atoms with Gasteiger partial charge in [0.25, 0.3) is 0 Å². The van der Waals surface area contributed by atoms with Gasteiger partial charge in [0.1, 0.15) is 19.0 Å². The van der Waals surface area contributed by atoms with Crippen LogP contribution >= 0.6 is 0 Å². The Morgan fingerprint density at radius 1 is 0.906 bits per heavy atom. The summed E-state index contributed by atoms with van der Waals surface area (Å²) in [5, 5.41) is 0. The van der Waals surface area contributed by atoms with Gasteiger partial charge in [-0.1, -0.05) is 32.0 Å². The predicted molar refractivity (Wildman–Crippen MR) is 121 cm³/mol. The Hall–Kier alpha value is -3.23. The van der Waals surface area contributed by atoms with E-state index in [4.69, 9.17) is 9.47 Å². The van der Waals surface area contributed by atoms with Crippen LogP contribution in [0.2, 0.25) is 0 Å². The van der Waals surface area contributed by atoms with E-state index in [0.717, 1.165) is 11.3 Å². The molecule has 0 bridgehead atoms. The van der Waals surface area contributed by atoms with Gasteiger partial charge < -0.3 is 9.47 Å². The van der Waals surface area contributed by atoms with Crippen LogP contribution < -0.4 is 4.74 Å². The second-order valence-corrected chi connectivity index (χ2v) is 8.88. The molecule has 0 amide bonds. The van der Waals surface area contributed by atoms with Gasteiger partial charge in [-0.2, -0.15) is 4.31 Å². The molecule has 0 saturated carbocycles. The van der Waals surface area contributed by atoms with Gasteiger partial charge >= 0.3 is 5.97 Å². The summed E-state index contributed by atoms with van der Waals surface area (Å²) in [4.78, 5) is 16.7. The molecule has 0 spiro atoms. The number of aromatic nitrogens is 1. The molecule has 0 unspecified atom stereocenters. The van der Waals surface area contributed by atoms with E-state index >= 15 is 0 Å². The molecule has 1 aromatic heterocycles. The van der Waals surface area contributed by atoms with Crippen molar-refractivity contribution < 1.29 is 22.7 Å². The maximum Gasteiger partial charge on any atom is 0.338 e. The number of esters is 1. The van der Waals surface area contributed by atoms with E-state index in [0.29, 0.717) is 31.0 Å². The molecule has 8 heteroatoms. The molecule has 168 valence electrons. The molecule has 3 rings (SSSR count). The van der Waals surface area contributed by atoms with Crippen molar-refractivity contribution in [2.24, 2.45) is 0 Å². The van der Waals surface area contributed by atoms with Crippen LogP contribution in [0.4, 0.5) is 0 Å². The molecule has 0 aliphatic heterocycles. The number of rotatable bonds is 10. The average Bonchev–Trinajstić information content (AvgIpc) is 2.83. The number of nitrogens with zero attached hydrogens (tertiary/aromatic N) is 2. The van der Waals surface area contributed by atoms with Crippen molar-refractivity contribution in [3.8, 4) is 5.75 Å². The summed E-state index contributed by atoms with van der Waals surface area (Å²) in [6.07, 6.45) is 1.72. The molecule has 0 atom stereocenters. The van der Waals surface area contributed by atoms with E-state index in [-0.39, 0.29) is 11.5 Å². The minimum absolute atomic E-state index is 0.0961. The Bertz CT molecular complexity index is 1110. The molecular formula is C24H26N2O5S. The molecule has 3 aromatic rings. The third kappa shape index (κ3) is 5.93. The van der Waals surface area contributed by atoms with Gasteiger partial charge in [-0.05, 0) is 54.1 Å². The highest BCUT2D eigenvalue weighted by molar-refractivity contribution is 7.89. The summed E-state index contributed by atoms with van der Waals surface area (Å²) in [6, 6.07) is 18.7. The van der Waals surface area contributed by atoms with Crippen molar-refractivity contribution in [3.63, 3.8) is 0 Å². The SMILES string of the molecule is CCN(CC)S(=O)(=O)c1ccc(C(=O)OCc2ccc(OCc3ccccn3)cc2)cc1. The maximum atomic E-state index is 12.5. The number of ether oxygens (including phenoxy) is 2. The van der Waals surface area contributed by atoms with E-state index in [1.54, 1.807) is 32.2 Å². The Balaban J connectivity index is 1.54. The van der Waals surface area contributed by atoms with Crippen LogP contribution in [0, 0.1) is 0 Å². The fraction of sp³-hybridized carbons (Fsp3) is 0.250. The van der Waals surface area contributed by atoms with Crippen LogP contribution in [0.15, 0.2) is 77.8 Å². The van der Waals surface area contributed by atoms with Gasteiger partial charge in [0.05, 0.1) is 16.2 Å². The van der Waals surface area contributed by atoms with Crippen molar-refractivity contribution >= 4 is 16.0 Å². The molecule has 0 aliphatic rings. The molecule has 2 aromatic carbocycles. The molecular weight excluding hydrogens is 428 g/mol. The van der Waals surface area contributed by atoms with E-state index in [9.17, 15) is 13.2 Å². The monoisotopic (exact) mass is 454 g/mol. The quantitative estimate of drug-likeness (QED) is 0.430. The lowest BCUT2D eigenvalue weighted by Gasteiger charge is -2.18. The average molecular weight is 455 g/mol. The summed E-state index contributed by atoms with van der Waals surface area (Å²) in [6.45, 7) is 4.80. The molecule has 0 aliphatic carbocycles. The number of pyridine rings is 1. The Labute approximate surface area is 188 Å². The van der Waals surface area contributed by atoms with Crippen molar-refractivity contribution in [2.45, 2.75) is 32.0 Å². The van der Waals surface area contributed by atoms with E-state index in [2.05, 4.69) is 4.98 Å². The number of sulfonamides is 1. The van der Waals surface area contributed by atoms with E-state index in [1.807, 2.05) is 30.3 Å². The highest BCUT2D eigenvalue weighted by atomic mass is 32.2. The van der Waals surface area contributed by atoms with Crippen molar-refractivity contribution in [3.05, 3.63) is 89.7 Å².